The van der Waals surface area contributed by atoms with Crippen LogP contribution in [-0.4, -0.2) is 75.9 Å². The van der Waals surface area contributed by atoms with Gasteiger partial charge in [-0.1, -0.05) is 6.92 Å². The molecule has 2 saturated heterocycles. The molecule has 4 nitrogen and oxygen atoms in total. The van der Waals surface area contributed by atoms with Gasteiger partial charge in [-0.25, -0.2) is 0 Å². The number of likely N-dealkylation sites (N-methyl/N-ethyl adjacent to an activating group) is 1. The lowest BCUT2D eigenvalue weighted by molar-refractivity contribution is 0.0739. The molecule has 1 atom stereocenters. The van der Waals surface area contributed by atoms with Gasteiger partial charge in [-0.05, 0) is 20.0 Å². The van der Waals surface area contributed by atoms with Crippen LogP contribution in [0.1, 0.15) is 13.3 Å². The molecule has 17 heavy (non-hydrogen) atoms. The first kappa shape index (κ1) is 13.3. The van der Waals surface area contributed by atoms with E-state index in [0.717, 1.165) is 19.8 Å². The lowest BCUT2D eigenvalue weighted by atomic mass is 9.86. The van der Waals surface area contributed by atoms with Crippen LogP contribution in [0.15, 0.2) is 0 Å². The second-order valence-electron chi connectivity index (χ2n) is 5.54. The van der Waals surface area contributed by atoms with Crippen molar-refractivity contribution >= 4 is 0 Å². The van der Waals surface area contributed by atoms with Crippen molar-refractivity contribution in [3.8, 4) is 0 Å². The fourth-order valence-corrected chi connectivity index (χ4v) is 3.08. The monoisotopic (exact) mass is 241 g/mol. The molecule has 2 fully saturated rings. The molecule has 0 bridgehead atoms. The zero-order chi connectivity index (χ0) is 12.1. The maximum absolute atomic E-state index is 5.62. The third kappa shape index (κ3) is 3.41. The highest BCUT2D eigenvalue weighted by molar-refractivity contribution is 4.89. The molecule has 0 spiro atoms. The number of ether oxygens (including phenoxy) is 1. The maximum Gasteiger partial charge on any atom is 0.0547 e. The van der Waals surface area contributed by atoms with Crippen LogP contribution in [0.5, 0.6) is 0 Å². The van der Waals surface area contributed by atoms with E-state index >= 15 is 0 Å². The van der Waals surface area contributed by atoms with E-state index in [1.54, 1.807) is 0 Å². The van der Waals surface area contributed by atoms with Crippen LogP contribution in [0.3, 0.4) is 0 Å². The Kier molecular flexibility index (Phi) is 4.79. The largest absolute Gasteiger partial charge is 0.381 e. The van der Waals surface area contributed by atoms with E-state index in [1.807, 2.05) is 0 Å². The standard InChI is InChI=1S/C13H27N3O/c1-3-15-5-7-16(8-6-15)11-13(10-14-2)4-9-17-12-13/h14H,3-12H2,1-2H3. The normalized spacial score (nSPS) is 32.1. The van der Waals surface area contributed by atoms with Crippen LogP contribution < -0.4 is 5.32 Å². The molecule has 0 aromatic carbocycles. The summed E-state index contributed by atoms with van der Waals surface area (Å²) in [4.78, 5) is 5.16. The molecule has 1 unspecified atom stereocenters. The number of nitrogens with zero attached hydrogens (tertiary/aromatic N) is 2. The average Bonchev–Trinajstić information content (AvgIpc) is 2.79. The first-order valence-corrected chi connectivity index (χ1v) is 6.95. The molecule has 0 aromatic heterocycles. The molecule has 2 aliphatic heterocycles. The summed E-state index contributed by atoms with van der Waals surface area (Å²) in [5.41, 5.74) is 0.364. The zero-order valence-corrected chi connectivity index (χ0v) is 11.4. The minimum atomic E-state index is 0.364. The Bertz CT molecular complexity index is 221. The molecular weight excluding hydrogens is 214 g/mol. The van der Waals surface area contributed by atoms with Gasteiger partial charge in [0.1, 0.15) is 0 Å². The Morgan fingerprint density at radius 3 is 2.41 bits per heavy atom. The summed E-state index contributed by atoms with van der Waals surface area (Å²) < 4.78 is 5.62. The Balaban J connectivity index is 1.82. The number of piperazine rings is 1. The second-order valence-corrected chi connectivity index (χ2v) is 5.54. The Labute approximate surface area is 105 Å². The van der Waals surface area contributed by atoms with E-state index in [-0.39, 0.29) is 0 Å². The summed E-state index contributed by atoms with van der Waals surface area (Å²) in [6, 6.07) is 0. The fourth-order valence-electron chi connectivity index (χ4n) is 3.08. The third-order valence-corrected chi connectivity index (χ3v) is 4.21. The summed E-state index contributed by atoms with van der Waals surface area (Å²) in [5, 5.41) is 3.34. The third-order valence-electron chi connectivity index (χ3n) is 4.21. The summed E-state index contributed by atoms with van der Waals surface area (Å²) >= 11 is 0. The molecule has 2 rings (SSSR count). The number of hydrogen-bond acceptors (Lipinski definition) is 4. The SMILES string of the molecule is CCN1CCN(CC2(CNC)CCOC2)CC1. The van der Waals surface area contributed by atoms with Crippen molar-refractivity contribution in [2.75, 3.05) is 66.1 Å². The highest BCUT2D eigenvalue weighted by atomic mass is 16.5. The van der Waals surface area contributed by atoms with Crippen LogP contribution in [0.2, 0.25) is 0 Å². The van der Waals surface area contributed by atoms with Gasteiger partial charge in [-0.2, -0.15) is 0 Å². The van der Waals surface area contributed by atoms with Gasteiger partial charge < -0.3 is 19.9 Å². The quantitative estimate of drug-likeness (QED) is 0.747. The fraction of sp³-hybridized carbons (Fsp3) is 1.00. The van der Waals surface area contributed by atoms with Gasteiger partial charge in [-0.15, -0.1) is 0 Å². The molecule has 0 amide bonds. The molecule has 1 N–H and O–H groups in total. The van der Waals surface area contributed by atoms with Gasteiger partial charge in [0.05, 0.1) is 6.61 Å². The molecule has 0 aliphatic carbocycles. The smallest absolute Gasteiger partial charge is 0.0547 e. The molecule has 0 saturated carbocycles. The second kappa shape index (κ2) is 6.14. The predicted octanol–water partition coefficient (Wildman–Crippen LogP) is 0.250. The minimum Gasteiger partial charge on any atom is -0.381 e. The Hall–Kier alpha value is -0.160. The van der Waals surface area contributed by atoms with Crippen molar-refractivity contribution in [2.24, 2.45) is 5.41 Å². The molecule has 0 radical (unpaired) electrons. The van der Waals surface area contributed by atoms with E-state index < -0.39 is 0 Å². The first-order chi connectivity index (χ1) is 8.28. The maximum atomic E-state index is 5.62. The lowest BCUT2D eigenvalue weighted by Gasteiger charge is -2.39. The lowest BCUT2D eigenvalue weighted by Crippen LogP contribution is -2.51. The van der Waals surface area contributed by atoms with Gasteiger partial charge in [0.25, 0.3) is 0 Å². The molecule has 100 valence electrons. The van der Waals surface area contributed by atoms with Gasteiger partial charge >= 0.3 is 0 Å². The zero-order valence-electron chi connectivity index (χ0n) is 11.4. The van der Waals surface area contributed by atoms with Crippen molar-refractivity contribution in [1.29, 1.82) is 0 Å². The minimum absolute atomic E-state index is 0.364. The number of rotatable bonds is 5. The average molecular weight is 241 g/mol. The summed E-state index contributed by atoms with van der Waals surface area (Å²) in [5.74, 6) is 0. The topological polar surface area (TPSA) is 27.7 Å². The first-order valence-electron chi connectivity index (χ1n) is 6.95. The van der Waals surface area contributed by atoms with Crippen LogP contribution in [0.4, 0.5) is 0 Å². The Morgan fingerprint density at radius 2 is 1.88 bits per heavy atom. The van der Waals surface area contributed by atoms with E-state index in [2.05, 4.69) is 29.1 Å². The van der Waals surface area contributed by atoms with Crippen molar-refractivity contribution < 1.29 is 4.74 Å². The number of nitrogens with one attached hydrogen (secondary N) is 1. The van der Waals surface area contributed by atoms with Crippen LogP contribution >= 0.6 is 0 Å². The van der Waals surface area contributed by atoms with E-state index in [4.69, 9.17) is 4.74 Å². The van der Waals surface area contributed by atoms with Crippen molar-refractivity contribution in [2.45, 2.75) is 13.3 Å². The van der Waals surface area contributed by atoms with Gasteiger partial charge in [0, 0.05) is 51.3 Å². The molecule has 4 heteroatoms. The van der Waals surface area contributed by atoms with Gasteiger partial charge in [0.15, 0.2) is 0 Å². The van der Waals surface area contributed by atoms with Gasteiger partial charge in [0.2, 0.25) is 0 Å². The Morgan fingerprint density at radius 1 is 1.18 bits per heavy atom. The number of hydrogen-bond donors (Lipinski definition) is 1. The van der Waals surface area contributed by atoms with Crippen LogP contribution in [0, 0.1) is 5.41 Å². The summed E-state index contributed by atoms with van der Waals surface area (Å²) in [6.07, 6.45) is 1.21. The summed E-state index contributed by atoms with van der Waals surface area (Å²) in [6.45, 7) is 12.5. The highest BCUT2D eigenvalue weighted by Gasteiger charge is 2.36. The van der Waals surface area contributed by atoms with Crippen LogP contribution in [-0.2, 0) is 4.74 Å². The highest BCUT2D eigenvalue weighted by Crippen LogP contribution is 2.29. The summed E-state index contributed by atoms with van der Waals surface area (Å²) in [7, 11) is 2.05. The van der Waals surface area contributed by atoms with Crippen LogP contribution in [0.25, 0.3) is 0 Å². The van der Waals surface area contributed by atoms with E-state index in [9.17, 15) is 0 Å². The van der Waals surface area contributed by atoms with Gasteiger partial charge in [-0.3, -0.25) is 0 Å². The molecular formula is C13H27N3O. The molecule has 0 aromatic rings. The van der Waals surface area contributed by atoms with Crippen molar-refractivity contribution in [3.63, 3.8) is 0 Å². The predicted molar refractivity (Wildman–Crippen MR) is 70.3 cm³/mol. The van der Waals surface area contributed by atoms with E-state index in [0.29, 0.717) is 5.41 Å². The molecule has 2 heterocycles. The van der Waals surface area contributed by atoms with E-state index in [1.165, 1.54) is 45.7 Å². The van der Waals surface area contributed by atoms with Crippen molar-refractivity contribution in [1.82, 2.24) is 15.1 Å². The van der Waals surface area contributed by atoms with Crippen molar-refractivity contribution in [3.05, 3.63) is 0 Å². The molecule has 2 aliphatic rings.